The van der Waals surface area contributed by atoms with Crippen molar-refractivity contribution in [1.82, 2.24) is 20.4 Å². The number of ether oxygens (including phenoxy) is 1. The van der Waals surface area contributed by atoms with Gasteiger partial charge in [0, 0.05) is 42.8 Å². The topological polar surface area (TPSA) is 68.2 Å². The quantitative estimate of drug-likeness (QED) is 0.896. The van der Waals surface area contributed by atoms with E-state index in [9.17, 15) is 4.79 Å². The summed E-state index contributed by atoms with van der Waals surface area (Å²) in [7, 11) is 1.90. The molecule has 1 aromatic heterocycles. The molecule has 126 valence electrons. The normalized spacial score (nSPS) is 31.9. The lowest BCUT2D eigenvalue weighted by Gasteiger charge is -2.63. The Kier molecular flexibility index (Phi) is 3.41. The molecule has 6 nitrogen and oxygen atoms in total. The second-order valence-electron chi connectivity index (χ2n) is 7.49. The van der Waals surface area contributed by atoms with Gasteiger partial charge in [0.15, 0.2) is 0 Å². The van der Waals surface area contributed by atoms with Gasteiger partial charge in [-0.2, -0.15) is 5.10 Å². The van der Waals surface area contributed by atoms with Crippen molar-refractivity contribution in [1.29, 1.82) is 0 Å². The molecule has 1 spiro atoms. The predicted octanol–water partition coefficient (Wildman–Crippen LogP) is 2.05. The Morgan fingerprint density at radius 3 is 2.91 bits per heavy atom. The Labute approximate surface area is 137 Å². The first-order valence-electron chi connectivity index (χ1n) is 8.70. The van der Waals surface area contributed by atoms with E-state index in [0.717, 1.165) is 24.3 Å². The van der Waals surface area contributed by atoms with Gasteiger partial charge in [-0.05, 0) is 33.1 Å². The van der Waals surface area contributed by atoms with E-state index in [0.29, 0.717) is 12.0 Å². The van der Waals surface area contributed by atoms with Crippen LogP contribution in [0.2, 0.25) is 0 Å². The minimum absolute atomic E-state index is 0.0447. The van der Waals surface area contributed by atoms with Crippen LogP contribution < -0.4 is 10.6 Å². The second kappa shape index (κ2) is 5.23. The van der Waals surface area contributed by atoms with Crippen molar-refractivity contribution >= 4 is 6.03 Å². The lowest BCUT2D eigenvalue weighted by Crippen LogP contribution is -2.72. The molecule has 1 saturated heterocycles. The van der Waals surface area contributed by atoms with Gasteiger partial charge in [-0.1, -0.05) is 6.42 Å². The molecule has 1 aromatic rings. The van der Waals surface area contributed by atoms with E-state index < -0.39 is 0 Å². The number of carbonyl (C=O) groups is 1. The van der Waals surface area contributed by atoms with Crippen molar-refractivity contribution in [2.45, 2.75) is 57.7 Å². The standard InChI is InChI=1S/C17H26N4O2/c1-10(13-9-21(3)20-11(13)2)18-16(22)19-14-12-5-8-23-15(12)17(14)6-4-7-17/h9-10,12,14-15H,4-8H2,1-3H3,(H2,18,19,22)/t10-,12-,14+,15-/m0/s1. The van der Waals surface area contributed by atoms with Crippen LogP contribution in [0.1, 0.15) is 49.9 Å². The van der Waals surface area contributed by atoms with Crippen molar-refractivity contribution in [2.24, 2.45) is 18.4 Å². The summed E-state index contributed by atoms with van der Waals surface area (Å²) < 4.78 is 7.70. The molecule has 2 N–H and O–H groups in total. The van der Waals surface area contributed by atoms with E-state index in [1.165, 1.54) is 19.3 Å². The molecule has 2 saturated carbocycles. The summed E-state index contributed by atoms with van der Waals surface area (Å²) in [6.45, 7) is 4.83. The molecule has 2 amide bonds. The van der Waals surface area contributed by atoms with Crippen LogP contribution in [0.5, 0.6) is 0 Å². The summed E-state index contributed by atoms with van der Waals surface area (Å²) in [5, 5.41) is 10.7. The third-order valence-electron chi connectivity index (χ3n) is 6.19. The number of carbonyl (C=O) groups excluding carboxylic acids is 1. The largest absolute Gasteiger partial charge is 0.377 e. The average molecular weight is 318 g/mol. The zero-order valence-electron chi connectivity index (χ0n) is 14.1. The Bertz CT molecular complexity index is 622. The first-order chi connectivity index (χ1) is 11.0. The van der Waals surface area contributed by atoms with Crippen LogP contribution in [0.4, 0.5) is 4.79 Å². The van der Waals surface area contributed by atoms with Crippen LogP contribution in [-0.4, -0.2) is 34.6 Å². The Hall–Kier alpha value is -1.56. The fourth-order valence-corrected chi connectivity index (χ4v) is 4.96. The molecule has 0 bridgehead atoms. The molecule has 23 heavy (non-hydrogen) atoms. The third-order valence-corrected chi connectivity index (χ3v) is 6.19. The maximum Gasteiger partial charge on any atom is 0.315 e. The SMILES string of the molecule is Cc1nn(C)cc1[C@H](C)NC(=O)N[C@@H]1[C@@H]2CCO[C@@H]2C12CCC2. The first kappa shape index (κ1) is 15.0. The molecule has 0 aromatic carbocycles. The van der Waals surface area contributed by atoms with Gasteiger partial charge in [-0.25, -0.2) is 4.79 Å². The van der Waals surface area contributed by atoms with Crippen molar-refractivity contribution in [3.8, 4) is 0 Å². The zero-order chi connectivity index (χ0) is 16.2. The summed E-state index contributed by atoms with van der Waals surface area (Å²) in [6.07, 6.45) is 7.08. The van der Waals surface area contributed by atoms with E-state index >= 15 is 0 Å². The smallest absolute Gasteiger partial charge is 0.315 e. The second-order valence-corrected chi connectivity index (χ2v) is 7.49. The van der Waals surface area contributed by atoms with Crippen LogP contribution in [0.3, 0.4) is 0 Å². The molecule has 3 fully saturated rings. The number of nitrogens with zero attached hydrogens (tertiary/aromatic N) is 2. The summed E-state index contributed by atoms with van der Waals surface area (Å²) in [5.41, 5.74) is 2.26. The van der Waals surface area contributed by atoms with Crippen LogP contribution in [-0.2, 0) is 11.8 Å². The van der Waals surface area contributed by atoms with Crippen LogP contribution in [0.25, 0.3) is 0 Å². The molecule has 3 aliphatic rings. The van der Waals surface area contributed by atoms with Crippen LogP contribution >= 0.6 is 0 Å². The first-order valence-corrected chi connectivity index (χ1v) is 8.70. The fraction of sp³-hybridized carbons (Fsp3) is 0.765. The summed E-state index contributed by atoms with van der Waals surface area (Å²) in [6, 6.07) is 0.171. The molecule has 0 radical (unpaired) electrons. The number of aromatic nitrogens is 2. The highest BCUT2D eigenvalue weighted by atomic mass is 16.5. The lowest BCUT2D eigenvalue weighted by molar-refractivity contribution is -0.172. The van der Waals surface area contributed by atoms with E-state index in [4.69, 9.17) is 4.74 Å². The maximum atomic E-state index is 12.5. The molecular weight excluding hydrogens is 292 g/mol. The van der Waals surface area contributed by atoms with Gasteiger partial charge >= 0.3 is 6.03 Å². The van der Waals surface area contributed by atoms with Gasteiger partial charge in [-0.3, -0.25) is 4.68 Å². The average Bonchev–Trinajstić information content (AvgIpc) is 2.99. The van der Waals surface area contributed by atoms with Crippen molar-refractivity contribution < 1.29 is 9.53 Å². The Morgan fingerprint density at radius 1 is 1.52 bits per heavy atom. The van der Waals surface area contributed by atoms with Gasteiger partial charge in [-0.15, -0.1) is 0 Å². The van der Waals surface area contributed by atoms with Gasteiger partial charge < -0.3 is 15.4 Å². The number of nitrogens with one attached hydrogen (secondary N) is 2. The van der Waals surface area contributed by atoms with Gasteiger partial charge in [0.2, 0.25) is 0 Å². The monoisotopic (exact) mass is 318 g/mol. The molecule has 4 atom stereocenters. The van der Waals surface area contributed by atoms with Gasteiger partial charge in [0.25, 0.3) is 0 Å². The van der Waals surface area contributed by atoms with E-state index in [-0.39, 0.29) is 23.5 Å². The number of amides is 2. The number of rotatable bonds is 3. The lowest BCUT2D eigenvalue weighted by atomic mass is 9.46. The molecule has 1 aliphatic heterocycles. The maximum absolute atomic E-state index is 12.5. The minimum atomic E-state index is -0.0672. The number of aryl methyl sites for hydroxylation is 2. The van der Waals surface area contributed by atoms with E-state index in [1.54, 1.807) is 4.68 Å². The molecular formula is C17H26N4O2. The fourth-order valence-electron chi connectivity index (χ4n) is 4.96. The Morgan fingerprint density at radius 2 is 2.30 bits per heavy atom. The van der Waals surface area contributed by atoms with Gasteiger partial charge in [0.1, 0.15) is 0 Å². The van der Waals surface area contributed by atoms with Crippen molar-refractivity contribution in [3.63, 3.8) is 0 Å². The summed E-state index contributed by atoms with van der Waals surface area (Å²) >= 11 is 0. The predicted molar refractivity (Wildman–Crippen MR) is 85.9 cm³/mol. The molecule has 6 heteroatoms. The Balaban J connectivity index is 1.39. The zero-order valence-corrected chi connectivity index (χ0v) is 14.1. The highest BCUT2D eigenvalue weighted by Gasteiger charge is 2.67. The molecule has 0 unspecified atom stereocenters. The van der Waals surface area contributed by atoms with Crippen molar-refractivity contribution in [3.05, 3.63) is 17.5 Å². The minimum Gasteiger partial charge on any atom is -0.377 e. The summed E-state index contributed by atoms with van der Waals surface area (Å²) in [4.78, 5) is 12.5. The third kappa shape index (κ3) is 2.18. The molecule has 4 rings (SSSR count). The van der Waals surface area contributed by atoms with Crippen LogP contribution in [0.15, 0.2) is 6.20 Å². The van der Waals surface area contributed by atoms with Crippen molar-refractivity contribution in [2.75, 3.05) is 6.61 Å². The van der Waals surface area contributed by atoms with E-state index in [1.807, 2.05) is 27.1 Å². The number of hydrogen-bond acceptors (Lipinski definition) is 3. The van der Waals surface area contributed by atoms with E-state index in [2.05, 4.69) is 15.7 Å². The van der Waals surface area contributed by atoms with Gasteiger partial charge in [0.05, 0.1) is 17.8 Å². The molecule has 2 heterocycles. The van der Waals surface area contributed by atoms with Crippen LogP contribution in [0, 0.1) is 18.3 Å². The molecule has 2 aliphatic carbocycles. The highest BCUT2D eigenvalue weighted by Crippen LogP contribution is 2.62. The number of urea groups is 1. The highest BCUT2D eigenvalue weighted by molar-refractivity contribution is 5.75. The summed E-state index contributed by atoms with van der Waals surface area (Å²) in [5.74, 6) is 0.511. The number of hydrogen-bond donors (Lipinski definition) is 2. The number of fused-ring (bicyclic) bond motifs is 2.